The van der Waals surface area contributed by atoms with Gasteiger partial charge in [0.25, 0.3) is 0 Å². The molecule has 0 radical (unpaired) electrons. The molecule has 34 heavy (non-hydrogen) atoms. The highest BCUT2D eigenvalue weighted by Gasteiger charge is 2.27. The zero-order chi connectivity index (χ0) is 23.7. The first-order chi connectivity index (χ1) is 16.5. The number of anilines is 3. The maximum Gasteiger partial charge on any atom is 0.229 e. The number of rotatable bonds is 6. The van der Waals surface area contributed by atoms with Crippen molar-refractivity contribution in [1.29, 1.82) is 0 Å². The van der Waals surface area contributed by atoms with Gasteiger partial charge >= 0.3 is 0 Å². The fourth-order valence-corrected chi connectivity index (χ4v) is 4.16. The lowest BCUT2D eigenvalue weighted by molar-refractivity contribution is 0.573. The van der Waals surface area contributed by atoms with E-state index in [0.29, 0.717) is 48.6 Å². The molecule has 10 heteroatoms. The molecule has 4 aromatic rings. The average molecular weight is 463 g/mol. The lowest BCUT2D eigenvalue weighted by atomic mass is 9.89. The Morgan fingerprint density at radius 3 is 2.65 bits per heavy atom. The Kier molecular flexibility index (Phi) is 5.89. The van der Waals surface area contributed by atoms with Gasteiger partial charge in [0.15, 0.2) is 5.82 Å². The molecule has 3 N–H and O–H groups in total. The van der Waals surface area contributed by atoms with Crippen LogP contribution in [-0.4, -0.2) is 37.8 Å². The third-order valence-electron chi connectivity index (χ3n) is 5.79. The van der Waals surface area contributed by atoms with Crippen molar-refractivity contribution in [3.63, 3.8) is 0 Å². The minimum Gasteiger partial charge on any atom is -0.370 e. The first kappa shape index (κ1) is 21.9. The fourth-order valence-electron chi connectivity index (χ4n) is 4.16. The smallest absolute Gasteiger partial charge is 0.229 e. The highest BCUT2D eigenvalue weighted by atomic mass is 19.1. The molecule has 2 aromatic carbocycles. The van der Waals surface area contributed by atoms with Crippen LogP contribution in [0.3, 0.4) is 0 Å². The first-order valence-electron chi connectivity index (χ1n) is 11.1. The maximum atomic E-state index is 14.9. The number of hydrogen-bond acceptors (Lipinski definition) is 7. The molecule has 2 aromatic heterocycles. The molecule has 0 fully saturated rings. The summed E-state index contributed by atoms with van der Waals surface area (Å²) in [6.07, 6.45) is 1.39. The van der Waals surface area contributed by atoms with Gasteiger partial charge in [0.1, 0.15) is 29.5 Å². The summed E-state index contributed by atoms with van der Waals surface area (Å²) in [5, 5.41) is 13.9. The molecule has 1 aliphatic heterocycles. The van der Waals surface area contributed by atoms with E-state index in [-0.39, 0.29) is 11.7 Å². The van der Waals surface area contributed by atoms with Gasteiger partial charge in [-0.2, -0.15) is 10.1 Å². The van der Waals surface area contributed by atoms with Crippen LogP contribution in [-0.2, 0) is 6.54 Å². The van der Waals surface area contributed by atoms with Gasteiger partial charge in [0.2, 0.25) is 5.95 Å². The van der Waals surface area contributed by atoms with Crippen LogP contribution in [0.25, 0.3) is 5.69 Å². The summed E-state index contributed by atoms with van der Waals surface area (Å²) in [6.45, 7) is 5.73. The van der Waals surface area contributed by atoms with E-state index in [4.69, 9.17) is 4.98 Å². The predicted molar refractivity (Wildman–Crippen MR) is 125 cm³/mol. The Morgan fingerprint density at radius 1 is 1.12 bits per heavy atom. The maximum absolute atomic E-state index is 14.9. The zero-order valence-electron chi connectivity index (χ0n) is 18.8. The first-order valence-corrected chi connectivity index (χ1v) is 11.1. The van der Waals surface area contributed by atoms with Crippen LogP contribution in [0, 0.1) is 18.6 Å². The minimum atomic E-state index is -0.447. The molecule has 0 saturated heterocycles. The number of halogens is 2. The predicted octanol–water partition coefficient (Wildman–Crippen LogP) is 4.05. The Labute approximate surface area is 195 Å². The topological polar surface area (TPSA) is 92.6 Å². The zero-order valence-corrected chi connectivity index (χ0v) is 18.8. The van der Waals surface area contributed by atoms with Crippen molar-refractivity contribution in [3.8, 4) is 5.69 Å². The van der Waals surface area contributed by atoms with Gasteiger partial charge in [-0.3, -0.25) is 0 Å². The Balaban J connectivity index is 1.50. The molecule has 0 aliphatic carbocycles. The van der Waals surface area contributed by atoms with Crippen LogP contribution in [0.1, 0.15) is 35.5 Å². The quantitative estimate of drug-likeness (QED) is 0.398. The van der Waals surface area contributed by atoms with Gasteiger partial charge in [-0.25, -0.2) is 23.4 Å². The molecule has 3 heterocycles. The standard InChI is InChI=1S/C24H24F2N8/c1-3-28-23-19-12-27-11-18(15-4-6-16(25)7-5-15)22(19)32-24(33-23)31-17-8-9-21(20(26)10-17)34-14(2)29-13-30-34/h4-10,13,18,27H,3,11-12H2,1-2H3,(H2,28,31,32,33). The van der Waals surface area contributed by atoms with Crippen LogP contribution in [0.15, 0.2) is 48.8 Å². The summed E-state index contributed by atoms with van der Waals surface area (Å²) in [6, 6.07) is 11.2. The Bertz CT molecular complexity index is 1320. The van der Waals surface area contributed by atoms with Crippen LogP contribution < -0.4 is 16.0 Å². The highest BCUT2D eigenvalue weighted by molar-refractivity contribution is 5.60. The number of nitrogens with zero attached hydrogens (tertiary/aromatic N) is 5. The lowest BCUT2D eigenvalue weighted by Crippen LogP contribution is -2.31. The molecule has 1 aliphatic rings. The number of aromatic nitrogens is 5. The number of benzene rings is 2. The lowest BCUT2D eigenvalue weighted by Gasteiger charge is -2.28. The van der Waals surface area contributed by atoms with Gasteiger partial charge < -0.3 is 16.0 Å². The van der Waals surface area contributed by atoms with Crippen LogP contribution in [0.2, 0.25) is 0 Å². The van der Waals surface area contributed by atoms with Crippen molar-refractivity contribution in [3.05, 3.63) is 83.1 Å². The minimum absolute atomic E-state index is 0.0697. The van der Waals surface area contributed by atoms with Gasteiger partial charge in [-0.15, -0.1) is 0 Å². The molecule has 1 unspecified atom stereocenters. The third-order valence-corrected chi connectivity index (χ3v) is 5.79. The Hall–Kier alpha value is -3.92. The van der Waals surface area contributed by atoms with Gasteiger partial charge in [-0.1, -0.05) is 12.1 Å². The van der Waals surface area contributed by atoms with E-state index >= 15 is 0 Å². The molecule has 174 valence electrons. The number of nitrogens with one attached hydrogen (secondary N) is 3. The van der Waals surface area contributed by atoms with E-state index in [0.717, 1.165) is 16.8 Å². The molecule has 1 atom stereocenters. The van der Waals surface area contributed by atoms with E-state index in [1.807, 2.05) is 6.92 Å². The second kappa shape index (κ2) is 9.14. The molecular weight excluding hydrogens is 438 g/mol. The van der Waals surface area contributed by atoms with Crippen LogP contribution in [0.4, 0.5) is 26.2 Å². The van der Waals surface area contributed by atoms with E-state index in [2.05, 4.69) is 31.0 Å². The third kappa shape index (κ3) is 4.19. The monoisotopic (exact) mass is 462 g/mol. The number of aryl methyl sites for hydroxylation is 1. The van der Waals surface area contributed by atoms with Crippen molar-refractivity contribution in [2.45, 2.75) is 26.3 Å². The molecular formula is C24H24F2N8. The fraction of sp³-hybridized carbons (Fsp3) is 0.250. The SMILES string of the molecule is CCNc1nc(Nc2ccc(-n3ncnc3C)c(F)c2)nc2c1CNCC2c1ccc(F)cc1. The van der Waals surface area contributed by atoms with Crippen molar-refractivity contribution >= 4 is 17.5 Å². The number of fused-ring (bicyclic) bond motifs is 1. The van der Waals surface area contributed by atoms with Gasteiger partial charge in [-0.05, 0) is 49.7 Å². The highest BCUT2D eigenvalue weighted by Crippen LogP contribution is 2.33. The van der Waals surface area contributed by atoms with E-state index < -0.39 is 5.82 Å². The second-order valence-electron chi connectivity index (χ2n) is 8.04. The van der Waals surface area contributed by atoms with E-state index in [9.17, 15) is 8.78 Å². The summed E-state index contributed by atoms with van der Waals surface area (Å²) in [4.78, 5) is 13.5. The van der Waals surface area contributed by atoms with Crippen molar-refractivity contribution in [2.24, 2.45) is 0 Å². The van der Waals surface area contributed by atoms with Crippen molar-refractivity contribution in [2.75, 3.05) is 23.7 Å². The number of hydrogen-bond donors (Lipinski definition) is 3. The molecule has 0 spiro atoms. The van der Waals surface area contributed by atoms with Gasteiger partial charge in [0, 0.05) is 36.8 Å². The largest absolute Gasteiger partial charge is 0.370 e. The van der Waals surface area contributed by atoms with Crippen molar-refractivity contribution in [1.82, 2.24) is 30.0 Å². The van der Waals surface area contributed by atoms with Crippen LogP contribution in [0.5, 0.6) is 0 Å². The molecule has 8 nitrogen and oxygen atoms in total. The van der Waals surface area contributed by atoms with E-state index in [1.165, 1.54) is 29.2 Å². The van der Waals surface area contributed by atoms with Gasteiger partial charge in [0.05, 0.1) is 5.69 Å². The van der Waals surface area contributed by atoms with Crippen LogP contribution >= 0.6 is 0 Å². The summed E-state index contributed by atoms with van der Waals surface area (Å²) in [5.74, 6) is 0.861. The van der Waals surface area contributed by atoms with E-state index in [1.54, 1.807) is 31.2 Å². The molecule has 0 bridgehead atoms. The van der Waals surface area contributed by atoms with Crippen molar-refractivity contribution < 1.29 is 8.78 Å². The molecule has 0 saturated carbocycles. The normalized spacial score (nSPS) is 15.1. The summed E-state index contributed by atoms with van der Waals surface area (Å²) in [5.41, 5.74) is 3.60. The molecule has 5 rings (SSSR count). The summed E-state index contributed by atoms with van der Waals surface area (Å²) >= 11 is 0. The average Bonchev–Trinajstić information content (AvgIpc) is 3.25. The Morgan fingerprint density at radius 2 is 1.94 bits per heavy atom. The molecule has 0 amide bonds. The summed E-state index contributed by atoms with van der Waals surface area (Å²) in [7, 11) is 0. The summed E-state index contributed by atoms with van der Waals surface area (Å²) < 4.78 is 29.8. The second-order valence-corrected chi connectivity index (χ2v) is 8.04.